The van der Waals surface area contributed by atoms with E-state index in [1.807, 2.05) is 38.1 Å². The Morgan fingerprint density at radius 2 is 1.97 bits per heavy atom. The highest BCUT2D eigenvalue weighted by Gasteiger charge is 2.18. The summed E-state index contributed by atoms with van der Waals surface area (Å²) in [5, 5.41) is 11.9. The van der Waals surface area contributed by atoms with Crippen molar-refractivity contribution in [3.05, 3.63) is 30.1 Å². The van der Waals surface area contributed by atoms with Gasteiger partial charge in [0, 0.05) is 18.4 Å². The number of carboxylic acid groups (broad SMARTS) is 1. The van der Waals surface area contributed by atoms with Crippen molar-refractivity contribution < 1.29 is 14.7 Å². The number of rotatable bonds is 9. The number of hydrogen-bond donors (Lipinski definition) is 3. The van der Waals surface area contributed by atoms with Gasteiger partial charge in [0.15, 0.2) is 5.82 Å². The Morgan fingerprint density at radius 3 is 2.69 bits per heavy atom. The first-order valence-corrected chi connectivity index (χ1v) is 10.3. The first kappa shape index (κ1) is 22.3. The molecule has 8 heteroatoms. The van der Waals surface area contributed by atoms with E-state index in [0.717, 1.165) is 47.9 Å². The number of imidazole rings is 1. The van der Waals surface area contributed by atoms with Crippen LogP contribution < -0.4 is 15.9 Å². The summed E-state index contributed by atoms with van der Waals surface area (Å²) < 4.78 is 1.79. The number of para-hydroxylation sites is 1. The summed E-state index contributed by atoms with van der Waals surface area (Å²) in [5.74, 6) is 1.23. The van der Waals surface area contributed by atoms with Gasteiger partial charge in [0.2, 0.25) is 0 Å². The number of fused-ring (bicyclic) bond motifs is 3. The van der Waals surface area contributed by atoms with Crippen molar-refractivity contribution in [1.82, 2.24) is 20.0 Å². The van der Waals surface area contributed by atoms with E-state index in [1.54, 1.807) is 4.73 Å². The first-order chi connectivity index (χ1) is 14.1. The van der Waals surface area contributed by atoms with E-state index in [2.05, 4.69) is 17.2 Å². The standard InChI is InChI=1S/C19H25N5O3.C2H6/c1-2-3-10-15-23-16-17(13-8-4-5-9-14(13)22-18(16)20)24(15)27-12-7-6-11-21-19(25)26;1-2/h4-5,8-9,21H,2-3,6-7,10-12H2,1H3,(H2,20,22)(H,25,26);1-2H3. The Labute approximate surface area is 171 Å². The number of nitrogen functional groups attached to an aromatic ring is 1. The highest BCUT2D eigenvalue weighted by Crippen LogP contribution is 2.28. The van der Waals surface area contributed by atoms with Crippen LogP contribution in [0.5, 0.6) is 0 Å². The average molecular weight is 402 g/mol. The molecule has 0 saturated carbocycles. The Balaban J connectivity index is 0.00000145. The molecule has 0 unspecified atom stereocenters. The van der Waals surface area contributed by atoms with Crippen LogP contribution in [0.3, 0.4) is 0 Å². The molecule has 158 valence electrons. The third-order valence-corrected chi connectivity index (χ3v) is 4.37. The minimum absolute atomic E-state index is 0.398. The van der Waals surface area contributed by atoms with E-state index < -0.39 is 6.09 Å². The number of pyridine rings is 1. The maximum Gasteiger partial charge on any atom is 0.404 e. The Morgan fingerprint density at radius 1 is 1.21 bits per heavy atom. The number of anilines is 1. The van der Waals surface area contributed by atoms with Crippen molar-refractivity contribution in [1.29, 1.82) is 0 Å². The molecule has 0 atom stereocenters. The number of nitrogens with one attached hydrogen (secondary N) is 1. The second-order valence-corrected chi connectivity index (χ2v) is 6.41. The molecule has 0 radical (unpaired) electrons. The summed E-state index contributed by atoms with van der Waals surface area (Å²) in [5.41, 5.74) is 8.46. The largest absolute Gasteiger partial charge is 0.465 e. The van der Waals surface area contributed by atoms with Crippen molar-refractivity contribution in [2.75, 3.05) is 18.9 Å². The van der Waals surface area contributed by atoms with E-state index in [9.17, 15) is 4.79 Å². The lowest BCUT2D eigenvalue weighted by atomic mass is 10.2. The van der Waals surface area contributed by atoms with Crippen LogP contribution in [0.4, 0.5) is 10.6 Å². The SMILES string of the molecule is CC.CCCCc1nc2c(N)nc3ccccc3c2n1OCCCCNC(=O)O. The number of nitrogens with two attached hydrogens (primary N) is 1. The van der Waals surface area contributed by atoms with Crippen LogP contribution in [0.1, 0.15) is 52.3 Å². The average Bonchev–Trinajstić information content (AvgIpc) is 3.09. The molecule has 1 amide bonds. The molecule has 0 bridgehead atoms. The fourth-order valence-electron chi connectivity index (χ4n) is 3.03. The molecule has 4 N–H and O–H groups in total. The summed E-state index contributed by atoms with van der Waals surface area (Å²) in [6, 6.07) is 7.80. The number of carbonyl (C=O) groups is 1. The topological polar surface area (TPSA) is 115 Å². The third kappa shape index (κ3) is 5.49. The number of amides is 1. The van der Waals surface area contributed by atoms with Crippen molar-refractivity contribution in [2.24, 2.45) is 0 Å². The van der Waals surface area contributed by atoms with Gasteiger partial charge < -0.3 is 21.0 Å². The summed E-state index contributed by atoms with van der Waals surface area (Å²) in [4.78, 5) is 25.7. The third-order valence-electron chi connectivity index (χ3n) is 4.37. The summed E-state index contributed by atoms with van der Waals surface area (Å²) in [7, 11) is 0. The zero-order valence-electron chi connectivity index (χ0n) is 17.4. The Bertz CT molecular complexity index is 939. The maximum atomic E-state index is 10.5. The fourth-order valence-corrected chi connectivity index (χ4v) is 3.03. The van der Waals surface area contributed by atoms with E-state index >= 15 is 0 Å². The van der Waals surface area contributed by atoms with Crippen molar-refractivity contribution in [3.8, 4) is 0 Å². The molecule has 1 aromatic carbocycles. The molecule has 0 aliphatic heterocycles. The van der Waals surface area contributed by atoms with Crippen LogP contribution in [-0.2, 0) is 6.42 Å². The first-order valence-electron chi connectivity index (χ1n) is 10.3. The summed E-state index contributed by atoms with van der Waals surface area (Å²) in [6.07, 6.45) is 3.27. The van der Waals surface area contributed by atoms with Crippen LogP contribution in [0, 0.1) is 0 Å². The number of unbranched alkanes of at least 4 members (excludes halogenated alkanes) is 2. The zero-order chi connectivity index (χ0) is 21.2. The van der Waals surface area contributed by atoms with Gasteiger partial charge in [-0.05, 0) is 25.3 Å². The van der Waals surface area contributed by atoms with E-state index in [1.165, 1.54) is 0 Å². The predicted octanol–water partition coefficient (Wildman–Crippen LogP) is 4.01. The highest BCUT2D eigenvalue weighted by molar-refractivity contribution is 6.06. The van der Waals surface area contributed by atoms with Crippen molar-refractivity contribution in [2.45, 2.75) is 52.9 Å². The second kappa shape index (κ2) is 11.1. The highest BCUT2D eigenvalue weighted by atomic mass is 16.7. The number of benzene rings is 1. The molecule has 2 heterocycles. The normalized spacial score (nSPS) is 10.6. The number of nitrogens with zero attached hydrogens (tertiary/aromatic N) is 3. The molecule has 3 aromatic rings. The van der Waals surface area contributed by atoms with Crippen LogP contribution in [0.2, 0.25) is 0 Å². The molecule has 0 aliphatic carbocycles. The van der Waals surface area contributed by atoms with Gasteiger partial charge in [-0.3, -0.25) is 0 Å². The number of aryl methyl sites for hydroxylation is 1. The molecule has 8 nitrogen and oxygen atoms in total. The number of hydrogen-bond acceptors (Lipinski definition) is 5. The van der Waals surface area contributed by atoms with Crippen LogP contribution >= 0.6 is 0 Å². The molecule has 2 aromatic heterocycles. The van der Waals surface area contributed by atoms with Crippen LogP contribution in [0.25, 0.3) is 21.9 Å². The predicted molar refractivity (Wildman–Crippen MR) is 116 cm³/mol. The summed E-state index contributed by atoms with van der Waals surface area (Å²) in [6.45, 7) is 7.00. The van der Waals surface area contributed by atoms with Gasteiger partial charge in [-0.2, -0.15) is 4.73 Å². The van der Waals surface area contributed by atoms with Gasteiger partial charge in [0.1, 0.15) is 23.5 Å². The van der Waals surface area contributed by atoms with Gasteiger partial charge in [-0.25, -0.2) is 14.8 Å². The van der Waals surface area contributed by atoms with Crippen LogP contribution in [-0.4, -0.2) is 39.0 Å². The lowest BCUT2D eigenvalue weighted by Crippen LogP contribution is -2.23. The molecule has 0 fully saturated rings. The lowest BCUT2D eigenvalue weighted by molar-refractivity contribution is 0.109. The van der Waals surface area contributed by atoms with E-state index in [0.29, 0.717) is 30.9 Å². The van der Waals surface area contributed by atoms with E-state index in [-0.39, 0.29) is 0 Å². The minimum Gasteiger partial charge on any atom is -0.465 e. The molecular weight excluding hydrogens is 370 g/mol. The van der Waals surface area contributed by atoms with Gasteiger partial charge in [-0.1, -0.05) is 45.4 Å². The van der Waals surface area contributed by atoms with Gasteiger partial charge in [-0.15, -0.1) is 0 Å². The lowest BCUT2D eigenvalue weighted by Gasteiger charge is -2.12. The molecule has 0 saturated heterocycles. The van der Waals surface area contributed by atoms with Crippen molar-refractivity contribution in [3.63, 3.8) is 0 Å². The maximum absolute atomic E-state index is 10.5. The van der Waals surface area contributed by atoms with Crippen molar-refractivity contribution >= 4 is 33.8 Å². The van der Waals surface area contributed by atoms with Gasteiger partial charge >= 0.3 is 6.09 Å². The molecule has 3 rings (SSSR count). The van der Waals surface area contributed by atoms with Gasteiger partial charge in [0.05, 0.1) is 5.52 Å². The van der Waals surface area contributed by atoms with E-state index in [4.69, 9.17) is 20.7 Å². The summed E-state index contributed by atoms with van der Waals surface area (Å²) >= 11 is 0. The molecule has 29 heavy (non-hydrogen) atoms. The zero-order valence-corrected chi connectivity index (χ0v) is 17.4. The molecule has 0 spiro atoms. The quantitative estimate of drug-likeness (QED) is 0.467. The Kier molecular flexibility index (Phi) is 8.51. The minimum atomic E-state index is -1.01. The molecular formula is C21H31N5O3. The second-order valence-electron chi connectivity index (χ2n) is 6.41. The van der Waals surface area contributed by atoms with Crippen LogP contribution in [0.15, 0.2) is 24.3 Å². The smallest absolute Gasteiger partial charge is 0.404 e. The fraction of sp³-hybridized carbons (Fsp3) is 0.476. The monoisotopic (exact) mass is 401 g/mol. The number of aromatic nitrogens is 3. The molecule has 0 aliphatic rings. The Hall–Kier alpha value is -3.03. The van der Waals surface area contributed by atoms with Gasteiger partial charge in [0.25, 0.3) is 0 Å².